The number of benzene rings is 2. The second kappa shape index (κ2) is 8.56. The lowest BCUT2D eigenvalue weighted by Gasteiger charge is -2.18. The molecule has 2 N–H and O–H groups in total. The second-order valence-electron chi connectivity index (χ2n) is 5.09. The summed E-state index contributed by atoms with van der Waals surface area (Å²) in [7, 11) is 0. The molecule has 0 aliphatic heterocycles. The van der Waals surface area contributed by atoms with Crippen molar-refractivity contribution in [3.05, 3.63) is 64.7 Å². The van der Waals surface area contributed by atoms with Crippen molar-refractivity contribution in [1.82, 2.24) is 5.32 Å². The number of ether oxygens (including phenoxy) is 1. The van der Waals surface area contributed by atoms with E-state index in [1.54, 1.807) is 12.1 Å². The maximum atomic E-state index is 12.3. The third-order valence-corrected chi connectivity index (χ3v) is 3.82. The largest absolute Gasteiger partial charge is 0.479 e. The molecule has 0 saturated carbocycles. The Morgan fingerprint density at radius 1 is 1.17 bits per heavy atom. The van der Waals surface area contributed by atoms with E-state index in [-0.39, 0.29) is 12.5 Å². The van der Waals surface area contributed by atoms with Gasteiger partial charge < -0.3 is 15.2 Å². The van der Waals surface area contributed by atoms with E-state index in [0.29, 0.717) is 23.7 Å². The van der Waals surface area contributed by atoms with E-state index < -0.39 is 6.10 Å². The maximum absolute atomic E-state index is 12.3. The van der Waals surface area contributed by atoms with Gasteiger partial charge in [0, 0.05) is 6.54 Å². The lowest BCUT2D eigenvalue weighted by atomic mass is 10.1. The molecule has 5 heteroatoms. The van der Waals surface area contributed by atoms with Gasteiger partial charge in [-0.15, -0.1) is 0 Å². The van der Waals surface area contributed by atoms with Gasteiger partial charge in [0.25, 0.3) is 5.91 Å². The van der Waals surface area contributed by atoms with Crippen LogP contribution in [-0.4, -0.2) is 17.1 Å². The second-order valence-corrected chi connectivity index (χ2v) is 5.50. The number of halogens is 1. The van der Waals surface area contributed by atoms with Gasteiger partial charge in [-0.1, -0.05) is 54.9 Å². The summed E-state index contributed by atoms with van der Waals surface area (Å²) in [5.74, 6) is 0.284. The number of carbonyl (C=O) groups excluding carboxylic acids is 1. The molecule has 2 aromatic rings. The quantitative estimate of drug-likeness (QED) is 0.817. The van der Waals surface area contributed by atoms with Crippen molar-refractivity contribution in [1.29, 1.82) is 0 Å². The summed E-state index contributed by atoms with van der Waals surface area (Å²) in [5, 5.41) is 12.6. The highest BCUT2D eigenvalue weighted by Gasteiger charge is 2.19. The predicted molar refractivity (Wildman–Crippen MR) is 90.4 cm³/mol. The molecule has 1 unspecified atom stereocenters. The lowest BCUT2D eigenvalue weighted by molar-refractivity contribution is -0.128. The molecule has 0 aromatic heterocycles. The highest BCUT2D eigenvalue weighted by atomic mass is 35.5. The van der Waals surface area contributed by atoms with Crippen molar-refractivity contribution in [2.24, 2.45) is 0 Å². The fraction of sp³-hybridized carbons (Fsp3) is 0.278. The molecule has 0 aliphatic rings. The molecule has 4 nitrogen and oxygen atoms in total. The molecule has 0 bridgehead atoms. The molecule has 1 atom stereocenters. The van der Waals surface area contributed by atoms with Crippen LogP contribution >= 0.6 is 11.6 Å². The smallest absolute Gasteiger partial charge is 0.261 e. The number of hydrogen-bond donors (Lipinski definition) is 2. The van der Waals surface area contributed by atoms with Gasteiger partial charge in [-0.3, -0.25) is 4.79 Å². The Bertz CT molecular complexity index is 660. The van der Waals surface area contributed by atoms with Crippen molar-refractivity contribution in [2.45, 2.75) is 32.6 Å². The number of aliphatic hydroxyl groups is 1. The third kappa shape index (κ3) is 4.71. The highest BCUT2D eigenvalue weighted by molar-refractivity contribution is 6.32. The molecule has 1 amide bonds. The molecule has 0 heterocycles. The molecule has 2 aromatic carbocycles. The van der Waals surface area contributed by atoms with E-state index in [1.807, 2.05) is 43.3 Å². The van der Waals surface area contributed by atoms with Crippen LogP contribution in [0.15, 0.2) is 48.5 Å². The number of amides is 1. The molecule has 23 heavy (non-hydrogen) atoms. The van der Waals surface area contributed by atoms with Crippen molar-refractivity contribution in [3.63, 3.8) is 0 Å². The van der Waals surface area contributed by atoms with Crippen molar-refractivity contribution in [2.75, 3.05) is 0 Å². The molecular weight excluding hydrogens is 314 g/mol. The summed E-state index contributed by atoms with van der Waals surface area (Å²) in [6.07, 6.45) is -0.0881. The third-order valence-electron chi connectivity index (χ3n) is 3.51. The van der Waals surface area contributed by atoms with Gasteiger partial charge in [0.15, 0.2) is 6.10 Å². The summed E-state index contributed by atoms with van der Waals surface area (Å²) >= 11 is 6.06. The number of rotatable bonds is 7. The summed E-state index contributed by atoms with van der Waals surface area (Å²) in [6, 6.07) is 14.5. The first-order valence-corrected chi connectivity index (χ1v) is 7.90. The van der Waals surface area contributed by atoms with Crippen LogP contribution in [0.1, 0.15) is 24.5 Å². The molecule has 0 spiro atoms. The van der Waals surface area contributed by atoms with Crippen LogP contribution in [-0.2, 0) is 17.9 Å². The first-order chi connectivity index (χ1) is 11.2. The Morgan fingerprint density at radius 3 is 2.48 bits per heavy atom. The van der Waals surface area contributed by atoms with E-state index in [1.165, 1.54) is 0 Å². The average Bonchev–Trinajstić information content (AvgIpc) is 2.59. The minimum absolute atomic E-state index is 0.0562. The fourth-order valence-corrected chi connectivity index (χ4v) is 2.38. The van der Waals surface area contributed by atoms with Gasteiger partial charge in [-0.2, -0.15) is 0 Å². The van der Waals surface area contributed by atoms with Gasteiger partial charge in [-0.05, 0) is 29.7 Å². The molecule has 122 valence electrons. The van der Waals surface area contributed by atoms with Crippen molar-refractivity contribution < 1.29 is 14.6 Å². The van der Waals surface area contributed by atoms with Gasteiger partial charge >= 0.3 is 0 Å². The Hall–Kier alpha value is -2.04. The number of hydrogen-bond acceptors (Lipinski definition) is 3. The van der Waals surface area contributed by atoms with Crippen LogP contribution in [0.3, 0.4) is 0 Å². The van der Waals surface area contributed by atoms with Gasteiger partial charge in [-0.25, -0.2) is 0 Å². The maximum Gasteiger partial charge on any atom is 0.261 e. The van der Waals surface area contributed by atoms with Gasteiger partial charge in [0.05, 0.1) is 11.6 Å². The molecular formula is C18H20ClNO3. The Labute approximate surface area is 141 Å². The summed E-state index contributed by atoms with van der Waals surface area (Å²) < 4.78 is 5.71. The lowest BCUT2D eigenvalue weighted by Crippen LogP contribution is -2.37. The van der Waals surface area contributed by atoms with Crippen LogP contribution in [0.5, 0.6) is 5.75 Å². The normalized spacial score (nSPS) is 11.8. The zero-order chi connectivity index (χ0) is 16.7. The van der Waals surface area contributed by atoms with E-state index in [2.05, 4.69) is 5.32 Å². The van der Waals surface area contributed by atoms with Crippen LogP contribution in [0.25, 0.3) is 0 Å². The Kier molecular flexibility index (Phi) is 6.44. The van der Waals surface area contributed by atoms with E-state index in [0.717, 1.165) is 11.1 Å². The van der Waals surface area contributed by atoms with Crippen LogP contribution in [0, 0.1) is 0 Å². The van der Waals surface area contributed by atoms with Crippen LogP contribution in [0.2, 0.25) is 5.02 Å². The summed E-state index contributed by atoms with van der Waals surface area (Å²) in [6.45, 7) is 2.17. The fourth-order valence-electron chi connectivity index (χ4n) is 2.20. The Balaban J connectivity index is 1.99. The molecule has 0 radical (unpaired) electrons. The summed E-state index contributed by atoms with van der Waals surface area (Å²) in [5.41, 5.74) is 1.68. The topological polar surface area (TPSA) is 58.6 Å². The molecule has 0 saturated heterocycles. The minimum Gasteiger partial charge on any atom is -0.479 e. The average molecular weight is 334 g/mol. The zero-order valence-electron chi connectivity index (χ0n) is 13.0. The Morgan fingerprint density at radius 2 is 1.83 bits per heavy atom. The molecule has 2 rings (SSSR count). The van der Waals surface area contributed by atoms with E-state index in [4.69, 9.17) is 16.3 Å². The monoisotopic (exact) mass is 333 g/mol. The predicted octanol–water partition coefficient (Wildman–Crippen LogP) is 3.31. The minimum atomic E-state index is -0.615. The van der Waals surface area contributed by atoms with Crippen LogP contribution in [0.4, 0.5) is 0 Å². The number of carbonyl (C=O) groups is 1. The standard InChI is InChI=1S/C18H20ClNO3/c1-2-16(23-17-10-6-5-9-15(17)19)18(22)20-11-13-7-3-4-8-14(13)12-21/h3-10,16,21H,2,11-12H2,1H3,(H,20,22). The number of aliphatic hydroxyl groups excluding tert-OH is 1. The van der Waals surface area contributed by atoms with Gasteiger partial charge in [0.1, 0.15) is 5.75 Å². The molecule has 0 aliphatic carbocycles. The number of nitrogens with one attached hydrogen (secondary N) is 1. The molecule has 0 fully saturated rings. The highest BCUT2D eigenvalue weighted by Crippen LogP contribution is 2.24. The van der Waals surface area contributed by atoms with Crippen molar-refractivity contribution in [3.8, 4) is 5.75 Å². The number of para-hydroxylation sites is 1. The first-order valence-electron chi connectivity index (χ1n) is 7.52. The van der Waals surface area contributed by atoms with Gasteiger partial charge in [0.2, 0.25) is 0 Å². The first kappa shape index (κ1) is 17.3. The summed E-state index contributed by atoms with van der Waals surface area (Å²) in [4.78, 5) is 12.3. The zero-order valence-corrected chi connectivity index (χ0v) is 13.7. The van der Waals surface area contributed by atoms with E-state index >= 15 is 0 Å². The van der Waals surface area contributed by atoms with Crippen LogP contribution < -0.4 is 10.1 Å². The SMILES string of the molecule is CCC(Oc1ccccc1Cl)C(=O)NCc1ccccc1CO. The van der Waals surface area contributed by atoms with E-state index in [9.17, 15) is 9.90 Å². The van der Waals surface area contributed by atoms with Crippen molar-refractivity contribution >= 4 is 17.5 Å².